The number of nitrogen functional groups attached to an aromatic ring is 1. The lowest BCUT2D eigenvalue weighted by Gasteiger charge is -2.19. The van der Waals surface area contributed by atoms with E-state index in [1.807, 2.05) is 0 Å². The Labute approximate surface area is 196 Å². The summed E-state index contributed by atoms with van der Waals surface area (Å²) in [5.74, 6) is -0.297. The van der Waals surface area contributed by atoms with Crippen molar-refractivity contribution in [3.05, 3.63) is 47.3 Å². The van der Waals surface area contributed by atoms with E-state index in [1.165, 1.54) is 35.4 Å². The first kappa shape index (κ1) is 23.0. The molecule has 0 amide bonds. The topological polar surface area (TPSA) is 147 Å². The predicted molar refractivity (Wildman–Crippen MR) is 117 cm³/mol. The third-order valence-electron chi connectivity index (χ3n) is 5.35. The highest BCUT2D eigenvalue weighted by molar-refractivity contribution is 8.07. The van der Waals surface area contributed by atoms with E-state index in [1.54, 1.807) is 0 Å². The molecule has 2 unspecified atom stereocenters. The molecule has 11 nitrogen and oxygen atoms in total. The quantitative estimate of drug-likeness (QED) is 0.426. The summed E-state index contributed by atoms with van der Waals surface area (Å²) in [6.07, 6.45) is -2.51. The number of ether oxygens (including phenoxy) is 1. The molecule has 5 rings (SSSR count). The van der Waals surface area contributed by atoms with E-state index in [9.17, 15) is 14.6 Å². The Kier molecular flexibility index (Phi) is 6.10. The maximum atomic E-state index is 13.3. The van der Waals surface area contributed by atoms with Gasteiger partial charge in [-0.2, -0.15) is 0 Å². The van der Waals surface area contributed by atoms with Crippen molar-refractivity contribution < 1.29 is 32.9 Å². The number of rotatable bonds is 5. The number of halogens is 2. The maximum Gasteiger partial charge on any atom is 0.328 e. The fourth-order valence-electron chi connectivity index (χ4n) is 3.67. The molecule has 2 saturated heterocycles. The molecule has 0 radical (unpaired) electrons. The second-order valence-corrected chi connectivity index (χ2v) is 10.8. The Morgan fingerprint density at radius 2 is 2.12 bits per heavy atom. The number of anilines is 1. The molecule has 1 aromatic carbocycles. The van der Waals surface area contributed by atoms with Crippen molar-refractivity contribution in [3.8, 4) is 0 Å². The lowest BCUT2D eigenvalue weighted by molar-refractivity contribution is -0.0488. The third-order valence-corrected chi connectivity index (χ3v) is 8.01. The van der Waals surface area contributed by atoms with Gasteiger partial charge in [0.2, 0.25) is 0 Å². The van der Waals surface area contributed by atoms with E-state index in [-0.39, 0.29) is 24.1 Å². The number of nitrogens with zero attached hydrogens (tertiary/aromatic N) is 4. The summed E-state index contributed by atoms with van der Waals surface area (Å²) in [4.78, 5) is 12.1. The highest BCUT2D eigenvalue weighted by Gasteiger charge is 2.46. The molecule has 2 aliphatic heterocycles. The van der Waals surface area contributed by atoms with Crippen molar-refractivity contribution in [2.24, 2.45) is 0 Å². The summed E-state index contributed by atoms with van der Waals surface area (Å²) in [5.41, 5.74) is 7.01. The van der Waals surface area contributed by atoms with E-state index in [0.29, 0.717) is 16.7 Å². The van der Waals surface area contributed by atoms with Crippen LogP contribution in [-0.2, 0) is 30.1 Å². The molecule has 2 aromatic heterocycles. The lowest BCUT2D eigenvalue weighted by atomic mass is 10.1. The van der Waals surface area contributed by atoms with Gasteiger partial charge >= 0.3 is 6.72 Å². The Morgan fingerprint density at radius 1 is 1.30 bits per heavy atom. The van der Waals surface area contributed by atoms with Crippen LogP contribution < -0.4 is 5.73 Å². The van der Waals surface area contributed by atoms with Gasteiger partial charge in [0.25, 0.3) is 0 Å². The number of hydrogen-bond donors (Lipinski definition) is 3. The van der Waals surface area contributed by atoms with Gasteiger partial charge in [0.15, 0.2) is 17.7 Å². The number of imidazole rings is 1. The van der Waals surface area contributed by atoms with Crippen LogP contribution >= 0.6 is 18.3 Å². The van der Waals surface area contributed by atoms with Crippen molar-refractivity contribution in [2.75, 3.05) is 18.9 Å². The molecule has 2 aliphatic rings. The first-order valence-corrected chi connectivity index (χ1v) is 12.7. The summed E-state index contributed by atoms with van der Waals surface area (Å²) < 4.78 is 37.6. The lowest BCUT2D eigenvalue weighted by Crippen LogP contribution is -2.33. The monoisotopic (exact) mass is 517 g/mol. The summed E-state index contributed by atoms with van der Waals surface area (Å²) in [7, 11) is 0. The van der Waals surface area contributed by atoms with Crippen molar-refractivity contribution >= 4 is 47.1 Å². The number of aliphatic hydroxyl groups excluding tert-OH is 2. The predicted octanol–water partition coefficient (Wildman–Crippen LogP) is 1.85. The van der Waals surface area contributed by atoms with Crippen LogP contribution in [0.1, 0.15) is 17.9 Å². The molecule has 0 saturated carbocycles. The van der Waals surface area contributed by atoms with Gasteiger partial charge in [-0.25, -0.2) is 19.3 Å². The standard InChI is InChI=1S/C18H18ClFN5O6PS/c19-10-3-8(20)1-2-9(10)11-4-28-32(33,31-11)29-5-12-14(26)15(27)18(30-12)25-7-24-13-16(21)22-6-23-17(13)25/h1-3,6-7,11-12,14-15,18,26-27H,4-5H2,(H2,21,22,23)/t11?,12-,14-,15-,18-,32?/m1/s1. The molecule has 15 heteroatoms. The Bertz CT molecular complexity index is 1250. The Morgan fingerprint density at radius 3 is 2.91 bits per heavy atom. The van der Waals surface area contributed by atoms with Crippen LogP contribution in [0.3, 0.4) is 0 Å². The number of aliphatic hydroxyl groups is 2. The van der Waals surface area contributed by atoms with Gasteiger partial charge < -0.3 is 29.7 Å². The molecule has 4 heterocycles. The zero-order chi connectivity index (χ0) is 23.3. The summed E-state index contributed by atoms with van der Waals surface area (Å²) in [6, 6.07) is 3.93. The number of aromatic nitrogens is 4. The number of nitrogens with two attached hydrogens (primary N) is 1. The van der Waals surface area contributed by atoms with Gasteiger partial charge in [-0.05, 0) is 23.9 Å². The van der Waals surface area contributed by atoms with E-state index >= 15 is 0 Å². The molecule has 0 spiro atoms. The van der Waals surface area contributed by atoms with Crippen LogP contribution in [0.15, 0.2) is 30.9 Å². The van der Waals surface area contributed by atoms with Crippen LogP contribution in [0.4, 0.5) is 10.2 Å². The van der Waals surface area contributed by atoms with Crippen molar-refractivity contribution in [3.63, 3.8) is 0 Å². The van der Waals surface area contributed by atoms with Gasteiger partial charge in [0.05, 0.1) is 19.5 Å². The van der Waals surface area contributed by atoms with E-state index in [0.717, 1.165) is 0 Å². The van der Waals surface area contributed by atoms with Crippen LogP contribution in [0.5, 0.6) is 0 Å². The minimum absolute atomic E-state index is 0.0735. The summed E-state index contributed by atoms with van der Waals surface area (Å²) in [6.45, 7) is -3.33. The molecule has 3 aromatic rings. The van der Waals surface area contributed by atoms with E-state index in [2.05, 4.69) is 15.0 Å². The fourth-order valence-corrected chi connectivity index (χ4v) is 5.97. The largest absolute Gasteiger partial charge is 0.387 e. The van der Waals surface area contributed by atoms with Gasteiger partial charge in [-0.3, -0.25) is 9.09 Å². The molecule has 0 aliphatic carbocycles. The van der Waals surface area contributed by atoms with Gasteiger partial charge in [0, 0.05) is 10.6 Å². The fraction of sp³-hybridized carbons (Fsp3) is 0.389. The smallest absolute Gasteiger partial charge is 0.328 e. The Balaban J connectivity index is 1.26. The molecule has 4 N–H and O–H groups in total. The third kappa shape index (κ3) is 4.25. The minimum atomic E-state index is -3.20. The van der Waals surface area contributed by atoms with Crippen LogP contribution in [-0.4, -0.2) is 61.3 Å². The SMILES string of the molecule is Nc1ncnc2c1ncn2[C@@H]1O[C@H](COP2(=S)OCC(c3ccc(F)cc3Cl)O2)[C@@H](O)[C@H]1O. The van der Waals surface area contributed by atoms with E-state index in [4.69, 9.17) is 47.4 Å². The first-order chi connectivity index (χ1) is 15.8. The average Bonchev–Trinajstić information content (AvgIpc) is 3.45. The second kappa shape index (κ2) is 8.77. The molecule has 6 atom stereocenters. The number of fused-ring (bicyclic) bond motifs is 1. The summed E-state index contributed by atoms with van der Waals surface area (Å²) >= 11 is 11.5. The molecule has 0 bridgehead atoms. The van der Waals surface area contributed by atoms with Crippen LogP contribution in [0.25, 0.3) is 11.2 Å². The zero-order valence-corrected chi connectivity index (χ0v) is 19.2. The maximum absolute atomic E-state index is 13.3. The number of hydrogen-bond acceptors (Lipinski definition) is 11. The zero-order valence-electron chi connectivity index (χ0n) is 16.7. The van der Waals surface area contributed by atoms with Crippen molar-refractivity contribution in [1.82, 2.24) is 19.5 Å². The first-order valence-electron chi connectivity index (χ1n) is 9.73. The highest BCUT2D eigenvalue weighted by Crippen LogP contribution is 2.59. The average molecular weight is 518 g/mol. The van der Waals surface area contributed by atoms with Gasteiger partial charge in [0.1, 0.15) is 42.1 Å². The van der Waals surface area contributed by atoms with Crippen molar-refractivity contribution in [1.29, 1.82) is 0 Å². The molecular weight excluding hydrogens is 500 g/mol. The van der Waals surface area contributed by atoms with Crippen molar-refractivity contribution in [2.45, 2.75) is 30.6 Å². The molecule has 33 heavy (non-hydrogen) atoms. The van der Waals surface area contributed by atoms with Crippen LogP contribution in [0.2, 0.25) is 5.02 Å². The second-order valence-electron chi connectivity index (χ2n) is 7.43. The molecule has 2 fully saturated rings. The molecular formula is C18H18ClFN5O6PS. The summed E-state index contributed by atoms with van der Waals surface area (Å²) in [5, 5.41) is 21.2. The highest BCUT2D eigenvalue weighted by atomic mass is 35.5. The van der Waals surface area contributed by atoms with Gasteiger partial charge in [-0.1, -0.05) is 17.7 Å². The van der Waals surface area contributed by atoms with E-state index < -0.39 is 43.2 Å². The Hall–Kier alpha value is -1.80. The minimum Gasteiger partial charge on any atom is -0.387 e. The van der Waals surface area contributed by atoms with Gasteiger partial charge in [-0.15, -0.1) is 0 Å². The molecule has 176 valence electrons. The normalized spacial score (nSPS) is 32.1. The number of benzene rings is 1. The van der Waals surface area contributed by atoms with Crippen LogP contribution in [0, 0.1) is 5.82 Å².